The highest BCUT2D eigenvalue weighted by Gasteiger charge is 2.63. The van der Waals surface area contributed by atoms with Crippen molar-refractivity contribution in [1.29, 1.82) is 0 Å². The number of anilines is 1. The molecule has 1 amide bonds. The number of fused-ring (bicyclic) bond motifs is 2. The van der Waals surface area contributed by atoms with Crippen molar-refractivity contribution < 1.29 is 14.3 Å². The molecule has 5 atom stereocenters. The monoisotopic (exact) mass is 307 g/mol. The van der Waals surface area contributed by atoms with Gasteiger partial charge in [0.15, 0.2) is 0 Å². The van der Waals surface area contributed by atoms with E-state index in [9.17, 15) is 9.59 Å². The summed E-state index contributed by atoms with van der Waals surface area (Å²) < 4.78 is 5.41. The molecule has 0 unspecified atom stereocenters. The van der Waals surface area contributed by atoms with Crippen LogP contribution in [0.2, 0.25) is 0 Å². The average Bonchev–Trinajstić information content (AvgIpc) is 3.16. The minimum absolute atomic E-state index is 0.0323. The van der Waals surface area contributed by atoms with E-state index in [0.29, 0.717) is 5.92 Å². The van der Waals surface area contributed by atoms with Crippen LogP contribution in [0, 0.1) is 23.7 Å². The molecule has 1 saturated heterocycles. The lowest BCUT2D eigenvalue weighted by atomic mass is 9.79. The van der Waals surface area contributed by atoms with Gasteiger partial charge in [0.1, 0.15) is 6.10 Å². The van der Waals surface area contributed by atoms with Crippen LogP contribution in [-0.4, -0.2) is 18.0 Å². The van der Waals surface area contributed by atoms with E-state index in [1.54, 1.807) is 0 Å². The largest absolute Gasteiger partial charge is 0.462 e. The van der Waals surface area contributed by atoms with Crippen molar-refractivity contribution >= 4 is 28.3 Å². The third-order valence-electron chi connectivity index (χ3n) is 5.80. The third kappa shape index (κ3) is 1.84. The fourth-order valence-electron chi connectivity index (χ4n) is 4.86. The van der Waals surface area contributed by atoms with Crippen molar-refractivity contribution in [2.24, 2.45) is 23.7 Å². The Morgan fingerprint density at radius 2 is 1.91 bits per heavy atom. The van der Waals surface area contributed by atoms with Gasteiger partial charge in [-0.05, 0) is 41.7 Å². The molecule has 1 heterocycles. The number of nitrogens with one attached hydrogen (secondary N) is 1. The summed E-state index contributed by atoms with van der Waals surface area (Å²) >= 11 is 0. The molecule has 1 aliphatic heterocycles. The number of esters is 1. The fourth-order valence-corrected chi connectivity index (χ4v) is 4.86. The maximum absolute atomic E-state index is 12.8. The van der Waals surface area contributed by atoms with E-state index >= 15 is 0 Å². The molecule has 5 rings (SSSR count). The van der Waals surface area contributed by atoms with E-state index in [2.05, 4.69) is 5.32 Å². The number of hydrogen-bond acceptors (Lipinski definition) is 3. The number of rotatable bonds is 2. The predicted octanol–water partition coefficient (Wildman–Crippen LogP) is 2.98. The van der Waals surface area contributed by atoms with Gasteiger partial charge in [-0.25, -0.2) is 0 Å². The number of carbonyl (C=O) groups excluding carboxylic acids is 2. The zero-order valence-electron chi connectivity index (χ0n) is 12.6. The first-order valence-electron chi connectivity index (χ1n) is 8.21. The summed E-state index contributed by atoms with van der Waals surface area (Å²) in [5.41, 5.74) is 0.791. The van der Waals surface area contributed by atoms with Crippen molar-refractivity contribution in [2.75, 3.05) is 5.32 Å². The van der Waals surface area contributed by atoms with Crippen molar-refractivity contribution in [3.8, 4) is 0 Å². The van der Waals surface area contributed by atoms with Crippen LogP contribution in [0.3, 0.4) is 0 Å². The van der Waals surface area contributed by atoms with Crippen LogP contribution in [0.1, 0.15) is 12.8 Å². The van der Waals surface area contributed by atoms with Gasteiger partial charge >= 0.3 is 5.97 Å². The first-order valence-corrected chi connectivity index (χ1v) is 8.21. The SMILES string of the molecule is O=C(Nc1ccc2ccccc2c1)[C@H]1[C@@H]2C[C@@H]3[C@@H]1C(=O)O[C@@H]3C2. The van der Waals surface area contributed by atoms with Crippen molar-refractivity contribution in [3.63, 3.8) is 0 Å². The molecule has 4 heteroatoms. The quantitative estimate of drug-likeness (QED) is 0.868. The molecule has 2 aromatic rings. The Kier molecular flexibility index (Phi) is 2.61. The van der Waals surface area contributed by atoms with Crippen LogP contribution in [0.25, 0.3) is 10.8 Å². The number of ether oxygens (including phenoxy) is 1. The summed E-state index contributed by atoms with van der Waals surface area (Å²) in [5.74, 6) is -0.0903. The van der Waals surface area contributed by atoms with Gasteiger partial charge in [0.2, 0.25) is 5.91 Å². The topological polar surface area (TPSA) is 55.4 Å². The summed E-state index contributed by atoms with van der Waals surface area (Å²) in [5, 5.41) is 5.26. The van der Waals surface area contributed by atoms with E-state index in [4.69, 9.17) is 4.74 Å². The second kappa shape index (κ2) is 4.57. The maximum Gasteiger partial charge on any atom is 0.310 e. The van der Waals surface area contributed by atoms with Crippen molar-refractivity contribution in [3.05, 3.63) is 42.5 Å². The average molecular weight is 307 g/mol. The molecule has 1 N–H and O–H groups in total. The molecule has 116 valence electrons. The normalized spacial score (nSPS) is 33.9. The summed E-state index contributed by atoms with van der Waals surface area (Å²) in [6.07, 6.45) is 1.88. The van der Waals surface area contributed by atoms with Gasteiger partial charge in [-0.3, -0.25) is 9.59 Å². The Labute approximate surface area is 133 Å². The van der Waals surface area contributed by atoms with Gasteiger partial charge in [0.05, 0.1) is 11.8 Å². The molecular formula is C19H17NO3. The molecule has 4 nitrogen and oxygen atoms in total. The Bertz CT molecular complexity index is 828. The summed E-state index contributed by atoms with van der Waals surface area (Å²) in [7, 11) is 0. The Morgan fingerprint density at radius 3 is 2.78 bits per heavy atom. The highest BCUT2D eigenvalue weighted by Crippen LogP contribution is 2.57. The van der Waals surface area contributed by atoms with Gasteiger partial charge < -0.3 is 10.1 Å². The smallest absolute Gasteiger partial charge is 0.310 e. The molecule has 3 fully saturated rings. The van der Waals surface area contributed by atoms with Gasteiger partial charge in [0.25, 0.3) is 0 Å². The summed E-state index contributed by atoms with van der Waals surface area (Å²) in [6, 6.07) is 14.0. The van der Waals surface area contributed by atoms with Gasteiger partial charge in [0, 0.05) is 11.6 Å². The molecule has 0 radical (unpaired) electrons. The van der Waals surface area contributed by atoms with Gasteiger partial charge in [-0.1, -0.05) is 30.3 Å². The second-order valence-electron chi connectivity index (χ2n) is 6.97. The van der Waals surface area contributed by atoms with E-state index in [1.165, 1.54) is 0 Å². The van der Waals surface area contributed by atoms with Crippen LogP contribution in [0.5, 0.6) is 0 Å². The standard InChI is InChI=1S/C19H17NO3/c21-18(16-12-8-14-15(9-12)23-19(22)17(14)16)20-13-6-5-10-3-1-2-4-11(10)7-13/h1-7,12,14-17H,8-9H2,(H,20,21)/t12-,14+,15-,16+,17+/m1/s1. The second-order valence-corrected chi connectivity index (χ2v) is 6.97. The minimum Gasteiger partial charge on any atom is -0.462 e. The molecular weight excluding hydrogens is 290 g/mol. The lowest BCUT2D eigenvalue weighted by molar-refractivity contribution is -0.145. The zero-order chi connectivity index (χ0) is 15.6. The predicted molar refractivity (Wildman–Crippen MR) is 85.7 cm³/mol. The molecule has 2 aliphatic carbocycles. The van der Waals surface area contributed by atoms with E-state index < -0.39 is 0 Å². The van der Waals surface area contributed by atoms with Crippen molar-refractivity contribution in [1.82, 2.24) is 0 Å². The summed E-state index contributed by atoms with van der Waals surface area (Å²) in [4.78, 5) is 24.8. The highest BCUT2D eigenvalue weighted by atomic mass is 16.6. The van der Waals surface area contributed by atoms with E-state index in [-0.39, 0.29) is 35.7 Å². The van der Waals surface area contributed by atoms with Gasteiger partial charge in [-0.15, -0.1) is 0 Å². The number of benzene rings is 2. The minimum atomic E-state index is -0.224. The Balaban J connectivity index is 1.41. The third-order valence-corrected chi connectivity index (χ3v) is 5.80. The molecule has 2 saturated carbocycles. The number of carbonyl (C=O) groups is 2. The number of hydrogen-bond donors (Lipinski definition) is 1. The van der Waals surface area contributed by atoms with Crippen LogP contribution in [-0.2, 0) is 14.3 Å². The fraction of sp³-hybridized carbons (Fsp3) is 0.368. The van der Waals surface area contributed by atoms with Crippen LogP contribution < -0.4 is 5.32 Å². The first-order chi connectivity index (χ1) is 11.2. The van der Waals surface area contributed by atoms with Crippen LogP contribution in [0.4, 0.5) is 5.69 Å². The molecule has 0 spiro atoms. The van der Waals surface area contributed by atoms with E-state index in [0.717, 1.165) is 29.3 Å². The lowest BCUT2D eigenvalue weighted by Gasteiger charge is -2.23. The molecule has 0 aromatic heterocycles. The molecule has 2 aromatic carbocycles. The number of amides is 1. The summed E-state index contributed by atoms with van der Waals surface area (Å²) in [6.45, 7) is 0. The molecule has 23 heavy (non-hydrogen) atoms. The first kappa shape index (κ1) is 13.1. The van der Waals surface area contributed by atoms with Crippen molar-refractivity contribution in [2.45, 2.75) is 18.9 Å². The Morgan fingerprint density at radius 1 is 1.09 bits per heavy atom. The van der Waals surface area contributed by atoms with Gasteiger partial charge in [-0.2, -0.15) is 0 Å². The maximum atomic E-state index is 12.8. The molecule has 3 aliphatic rings. The highest BCUT2D eigenvalue weighted by molar-refractivity contribution is 5.98. The zero-order valence-corrected chi connectivity index (χ0v) is 12.6. The van der Waals surface area contributed by atoms with Crippen LogP contribution in [0.15, 0.2) is 42.5 Å². The Hall–Kier alpha value is -2.36. The molecule has 2 bridgehead atoms. The van der Waals surface area contributed by atoms with E-state index in [1.807, 2.05) is 42.5 Å². The lowest BCUT2D eigenvalue weighted by Crippen LogP contribution is -2.35. The van der Waals surface area contributed by atoms with Crippen LogP contribution >= 0.6 is 0 Å².